The minimum atomic E-state index is 0.167. The second-order valence-electron chi connectivity index (χ2n) is 7.23. The number of benzene rings is 4. The molecule has 0 N–H and O–H groups in total. The molecule has 1 aliphatic rings. The predicted octanol–water partition coefficient (Wildman–Crippen LogP) is 6.34. The third-order valence-electron chi connectivity index (χ3n) is 5.31. The first-order valence-electron chi connectivity index (χ1n) is 10.2. The lowest BCUT2D eigenvalue weighted by Gasteiger charge is -2.17. The van der Waals surface area contributed by atoms with Crippen LogP contribution < -0.4 is 18.9 Å². The van der Waals surface area contributed by atoms with E-state index in [9.17, 15) is 0 Å². The normalized spacial score (nSPS) is 11.9. The number of fused-ring (bicyclic) bond motifs is 1. The molecule has 4 aromatic carbocycles. The highest BCUT2D eigenvalue weighted by molar-refractivity contribution is 5.83. The van der Waals surface area contributed by atoms with Crippen molar-refractivity contribution >= 4 is 0 Å². The van der Waals surface area contributed by atoms with E-state index in [-0.39, 0.29) is 6.79 Å². The zero-order valence-electron chi connectivity index (χ0n) is 17.2. The van der Waals surface area contributed by atoms with Crippen molar-refractivity contribution in [3.63, 3.8) is 0 Å². The lowest BCUT2D eigenvalue weighted by atomic mass is 9.98. The Balaban J connectivity index is 1.56. The van der Waals surface area contributed by atoms with Crippen LogP contribution in [0.2, 0.25) is 0 Å². The van der Waals surface area contributed by atoms with Gasteiger partial charge < -0.3 is 18.9 Å². The molecule has 0 unspecified atom stereocenters. The van der Waals surface area contributed by atoms with Crippen LogP contribution in [-0.4, -0.2) is 13.9 Å². The summed E-state index contributed by atoms with van der Waals surface area (Å²) in [5, 5.41) is 0. The lowest BCUT2D eigenvalue weighted by molar-refractivity contribution is 0.171. The van der Waals surface area contributed by atoms with E-state index in [4.69, 9.17) is 18.9 Å². The number of hydrogen-bond donors (Lipinski definition) is 0. The molecule has 0 fully saturated rings. The molecule has 4 nitrogen and oxygen atoms in total. The van der Waals surface area contributed by atoms with Crippen molar-refractivity contribution in [3.8, 4) is 45.3 Å². The minimum Gasteiger partial charge on any atom is -0.492 e. The summed E-state index contributed by atoms with van der Waals surface area (Å²) in [6.45, 7) is 0.610. The SMILES string of the molecule is COc1c2c(cc(OCc3ccccc3)c1-c1ccc(-c3ccccc3)cc1)OCO2. The summed E-state index contributed by atoms with van der Waals surface area (Å²) in [6.07, 6.45) is 0. The van der Waals surface area contributed by atoms with Crippen LogP contribution in [0.5, 0.6) is 23.0 Å². The van der Waals surface area contributed by atoms with Gasteiger partial charge in [0.2, 0.25) is 12.5 Å². The number of hydrogen-bond acceptors (Lipinski definition) is 4. The number of ether oxygens (including phenoxy) is 4. The van der Waals surface area contributed by atoms with Gasteiger partial charge in [-0.2, -0.15) is 0 Å². The van der Waals surface area contributed by atoms with E-state index in [1.807, 2.05) is 54.6 Å². The van der Waals surface area contributed by atoms with Crippen LogP contribution in [0.15, 0.2) is 91.0 Å². The van der Waals surface area contributed by atoms with Crippen molar-refractivity contribution in [3.05, 3.63) is 96.6 Å². The minimum absolute atomic E-state index is 0.167. The van der Waals surface area contributed by atoms with Gasteiger partial charge in [-0.3, -0.25) is 0 Å². The van der Waals surface area contributed by atoms with Gasteiger partial charge in [0.25, 0.3) is 0 Å². The van der Waals surface area contributed by atoms with E-state index in [0.717, 1.165) is 22.3 Å². The van der Waals surface area contributed by atoms with Gasteiger partial charge in [-0.15, -0.1) is 0 Å². The van der Waals surface area contributed by atoms with Crippen molar-refractivity contribution in [2.24, 2.45) is 0 Å². The molecule has 1 aliphatic heterocycles. The van der Waals surface area contributed by atoms with E-state index in [1.165, 1.54) is 5.56 Å². The maximum absolute atomic E-state index is 6.24. The highest BCUT2D eigenvalue weighted by Crippen LogP contribution is 2.52. The van der Waals surface area contributed by atoms with Crippen LogP contribution in [0.4, 0.5) is 0 Å². The molecule has 0 amide bonds. The molecule has 5 rings (SSSR count). The lowest BCUT2D eigenvalue weighted by Crippen LogP contribution is -1.99. The first-order chi connectivity index (χ1) is 15.3. The van der Waals surface area contributed by atoms with E-state index in [2.05, 4.69) is 36.4 Å². The van der Waals surface area contributed by atoms with E-state index in [1.54, 1.807) is 7.11 Å². The van der Waals surface area contributed by atoms with Crippen molar-refractivity contribution < 1.29 is 18.9 Å². The number of methoxy groups -OCH3 is 1. The van der Waals surface area contributed by atoms with Gasteiger partial charge in [0.05, 0.1) is 12.7 Å². The van der Waals surface area contributed by atoms with E-state index in [0.29, 0.717) is 29.6 Å². The van der Waals surface area contributed by atoms with Gasteiger partial charge in [-0.05, 0) is 22.3 Å². The first kappa shape index (κ1) is 19.1. The maximum atomic E-state index is 6.24. The molecule has 31 heavy (non-hydrogen) atoms. The van der Waals surface area contributed by atoms with Crippen LogP contribution in [0.3, 0.4) is 0 Å². The quantitative estimate of drug-likeness (QED) is 0.372. The molecule has 0 bridgehead atoms. The second kappa shape index (κ2) is 8.44. The number of rotatable bonds is 6. The fourth-order valence-electron chi connectivity index (χ4n) is 3.77. The van der Waals surface area contributed by atoms with Gasteiger partial charge in [-0.1, -0.05) is 84.9 Å². The van der Waals surface area contributed by atoms with Gasteiger partial charge in [0.1, 0.15) is 12.4 Å². The predicted molar refractivity (Wildman–Crippen MR) is 121 cm³/mol. The molecule has 0 radical (unpaired) electrons. The topological polar surface area (TPSA) is 36.9 Å². The summed E-state index contributed by atoms with van der Waals surface area (Å²) < 4.78 is 23.3. The van der Waals surface area contributed by atoms with Crippen LogP contribution in [0.25, 0.3) is 22.3 Å². The van der Waals surface area contributed by atoms with Crippen LogP contribution >= 0.6 is 0 Å². The van der Waals surface area contributed by atoms with Gasteiger partial charge in [-0.25, -0.2) is 0 Å². The summed E-state index contributed by atoms with van der Waals surface area (Å²) in [4.78, 5) is 0. The average molecular weight is 410 g/mol. The molecule has 0 spiro atoms. The Bertz CT molecular complexity index is 1170. The molecular formula is C27H22O4. The monoisotopic (exact) mass is 410 g/mol. The Kier molecular flexibility index (Phi) is 5.19. The van der Waals surface area contributed by atoms with Gasteiger partial charge >= 0.3 is 0 Å². The molecular weight excluding hydrogens is 388 g/mol. The van der Waals surface area contributed by atoms with Crippen LogP contribution in [0.1, 0.15) is 5.56 Å². The Morgan fingerprint density at radius 3 is 2.10 bits per heavy atom. The summed E-state index contributed by atoms with van der Waals surface area (Å²) in [6, 6.07) is 30.6. The van der Waals surface area contributed by atoms with Crippen molar-refractivity contribution in [2.75, 3.05) is 13.9 Å². The highest BCUT2D eigenvalue weighted by atomic mass is 16.7. The molecule has 0 atom stereocenters. The molecule has 0 saturated heterocycles. The Morgan fingerprint density at radius 2 is 1.39 bits per heavy atom. The highest BCUT2D eigenvalue weighted by Gasteiger charge is 2.27. The Labute approximate surface area is 181 Å². The fraction of sp³-hybridized carbons (Fsp3) is 0.111. The molecule has 0 aromatic heterocycles. The van der Waals surface area contributed by atoms with Gasteiger partial charge in [0.15, 0.2) is 11.5 Å². The third kappa shape index (κ3) is 3.80. The Hall–Kier alpha value is -3.92. The van der Waals surface area contributed by atoms with Gasteiger partial charge in [0, 0.05) is 6.07 Å². The molecule has 4 heteroatoms. The molecule has 0 aliphatic carbocycles. The van der Waals surface area contributed by atoms with E-state index < -0.39 is 0 Å². The summed E-state index contributed by atoms with van der Waals surface area (Å²) >= 11 is 0. The fourth-order valence-corrected chi connectivity index (χ4v) is 3.77. The summed E-state index contributed by atoms with van der Waals surface area (Å²) in [5.74, 6) is 2.55. The maximum Gasteiger partial charge on any atom is 0.231 e. The first-order valence-corrected chi connectivity index (χ1v) is 10.2. The van der Waals surface area contributed by atoms with E-state index >= 15 is 0 Å². The Morgan fingerprint density at radius 1 is 0.742 bits per heavy atom. The zero-order chi connectivity index (χ0) is 21.0. The molecule has 154 valence electrons. The average Bonchev–Trinajstić information content (AvgIpc) is 3.31. The smallest absolute Gasteiger partial charge is 0.231 e. The third-order valence-corrected chi connectivity index (χ3v) is 5.31. The zero-order valence-corrected chi connectivity index (χ0v) is 17.2. The summed E-state index contributed by atoms with van der Waals surface area (Å²) in [5.41, 5.74) is 5.24. The molecule has 1 heterocycles. The summed E-state index contributed by atoms with van der Waals surface area (Å²) in [7, 11) is 1.64. The largest absolute Gasteiger partial charge is 0.492 e. The standard InChI is InChI=1S/C27H22O4/c1-28-27-25(22-14-12-21(13-15-22)20-10-6-3-7-11-20)23(16-24-26(27)31-18-30-24)29-17-19-8-4-2-5-9-19/h2-16H,17-18H2,1H3. The van der Waals surface area contributed by atoms with Crippen molar-refractivity contribution in [1.29, 1.82) is 0 Å². The molecule has 0 saturated carbocycles. The molecule has 4 aromatic rings. The van der Waals surface area contributed by atoms with Crippen LogP contribution in [-0.2, 0) is 6.61 Å². The van der Waals surface area contributed by atoms with Crippen LogP contribution in [0, 0.1) is 0 Å². The van der Waals surface area contributed by atoms with Crippen molar-refractivity contribution in [2.45, 2.75) is 6.61 Å². The second-order valence-corrected chi connectivity index (χ2v) is 7.23. The van der Waals surface area contributed by atoms with Crippen molar-refractivity contribution in [1.82, 2.24) is 0 Å².